The Morgan fingerprint density at radius 1 is 1.11 bits per heavy atom. The summed E-state index contributed by atoms with van der Waals surface area (Å²) in [7, 11) is 0. The highest BCUT2D eigenvalue weighted by molar-refractivity contribution is 5.66. The number of nitrogens with one attached hydrogen (secondary N) is 1. The van der Waals surface area contributed by atoms with Gasteiger partial charge in [0.05, 0.1) is 41.5 Å². The number of pyridine rings is 1. The lowest BCUT2D eigenvalue weighted by molar-refractivity contribution is 0.133. The zero-order chi connectivity index (χ0) is 25.2. The largest absolute Gasteiger partial charge is 0.377 e. The van der Waals surface area contributed by atoms with Crippen molar-refractivity contribution in [3.8, 4) is 11.3 Å². The highest BCUT2D eigenvalue weighted by Crippen LogP contribution is 2.39. The third kappa shape index (κ3) is 4.94. The van der Waals surface area contributed by atoms with Crippen LogP contribution in [0.2, 0.25) is 0 Å². The van der Waals surface area contributed by atoms with E-state index < -0.39 is 11.6 Å². The average molecular weight is 493 g/mol. The first-order valence-corrected chi connectivity index (χ1v) is 12.3. The predicted octanol–water partition coefficient (Wildman–Crippen LogP) is 5.58. The summed E-state index contributed by atoms with van der Waals surface area (Å²) in [4.78, 5) is 8.76. The van der Waals surface area contributed by atoms with Gasteiger partial charge in [0.1, 0.15) is 11.6 Å². The summed E-state index contributed by atoms with van der Waals surface area (Å²) in [5, 5.41) is 7.87. The van der Waals surface area contributed by atoms with Crippen LogP contribution in [0.15, 0.2) is 48.9 Å². The van der Waals surface area contributed by atoms with Gasteiger partial charge in [-0.2, -0.15) is 9.61 Å². The maximum absolute atomic E-state index is 14.9. The zero-order valence-corrected chi connectivity index (χ0v) is 20.4. The van der Waals surface area contributed by atoms with Crippen molar-refractivity contribution >= 4 is 17.2 Å². The fourth-order valence-electron chi connectivity index (χ4n) is 5.17. The number of anilines is 2. The second kappa shape index (κ2) is 10.3. The molecule has 3 heterocycles. The molecule has 0 radical (unpaired) electrons. The Morgan fingerprint density at radius 2 is 1.92 bits per heavy atom. The molecule has 5 rings (SSSR count). The number of hydrogen-bond acceptors (Lipinski definition) is 6. The highest BCUT2D eigenvalue weighted by atomic mass is 19.1. The van der Waals surface area contributed by atoms with Gasteiger partial charge in [0.2, 0.25) is 5.95 Å². The summed E-state index contributed by atoms with van der Waals surface area (Å²) >= 11 is 0. The third-order valence-electron chi connectivity index (χ3n) is 6.74. The van der Waals surface area contributed by atoms with Crippen molar-refractivity contribution in [3.63, 3.8) is 0 Å². The van der Waals surface area contributed by atoms with E-state index in [0.29, 0.717) is 35.5 Å². The number of halogens is 2. The molecule has 3 unspecified atom stereocenters. The van der Waals surface area contributed by atoms with Crippen LogP contribution in [-0.4, -0.2) is 32.2 Å². The minimum atomic E-state index is -0.691. The van der Waals surface area contributed by atoms with Gasteiger partial charge < -0.3 is 15.8 Å². The number of imidazole rings is 1. The monoisotopic (exact) mass is 492 g/mol. The fraction of sp³-hybridized carbons (Fsp3) is 0.370. The van der Waals surface area contributed by atoms with Crippen LogP contribution in [0.5, 0.6) is 0 Å². The van der Waals surface area contributed by atoms with Gasteiger partial charge in [-0.1, -0.05) is 6.92 Å². The molecule has 0 spiro atoms. The smallest absolute Gasteiger partial charge is 0.229 e. The summed E-state index contributed by atoms with van der Waals surface area (Å²) in [5.74, 6) is -0.0987. The van der Waals surface area contributed by atoms with Gasteiger partial charge in [0, 0.05) is 18.8 Å². The molecule has 1 fully saturated rings. The molecular weight excluding hydrogens is 462 g/mol. The molecule has 3 N–H and O–H groups in total. The SMILES string of the molecule is CCOCc1cc(F)c(-c2ccc3cnc(Nc4cnccc4C4CC(C)CC(N)C4)n3n2)c(F)c1. The Labute approximate surface area is 208 Å². The Kier molecular flexibility index (Phi) is 6.93. The maximum Gasteiger partial charge on any atom is 0.229 e. The number of hydrogen-bond donors (Lipinski definition) is 2. The van der Waals surface area contributed by atoms with Crippen LogP contribution in [0, 0.1) is 17.6 Å². The van der Waals surface area contributed by atoms with Crippen LogP contribution >= 0.6 is 0 Å². The quantitative estimate of drug-likeness (QED) is 0.350. The lowest BCUT2D eigenvalue weighted by Crippen LogP contribution is -2.31. The van der Waals surface area contributed by atoms with E-state index in [4.69, 9.17) is 10.5 Å². The van der Waals surface area contributed by atoms with Crippen molar-refractivity contribution in [2.75, 3.05) is 11.9 Å². The fourth-order valence-corrected chi connectivity index (χ4v) is 5.17. The molecular formula is C27H30F2N6O. The van der Waals surface area contributed by atoms with Crippen molar-refractivity contribution in [2.24, 2.45) is 11.7 Å². The molecule has 1 aliphatic rings. The van der Waals surface area contributed by atoms with Crippen molar-refractivity contribution in [1.82, 2.24) is 19.6 Å². The van der Waals surface area contributed by atoms with E-state index in [9.17, 15) is 8.78 Å². The lowest BCUT2D eigenvalue weighted by Gasteiger charge is -2.32. The van der Waals surface area contributed by atoms with E-state index in [-0.39, 0.29) is 23.9 Å². The van der Waals surface area contributed by atoms with Crippen molar-refractivity contribution in [2.45, 2.75) is 51.7 Å². The van der Waals surface area contributed by atoms with Crippen molar-refractivity contribution in [1.29, 1.82) is 0 Å². The van der Waals surface area contributed by atoms with Crippen LogP contribution in [-0.2, 0) is 11.3 Å². The zero-order valence-electron chi connectivity index (χ0n) is 20.4. The minimum Gasteiger partial charge on any atom is -0.377 e. The Balaban J connectivity index is 1.48. The van der Waals surface area contributed by atoms with E-state index >= 15 is 0 Å². The number of ether oxygens (including phenoxy) is 1. The normalized spacial score (nSPS) is 20.1. The van der Waals surface area contributed by atoms with Crippen LogP contribution in [0.1, 0.15) is 50.2 Å². The van der Waals surface area contributed by atoms with E-state index in [0.717, 1.165) is 30.5 Å². The van der Waals surface area contributed by atoms with Crippen LogP contribution < -0.4 is 11.1 Å². The molecule has 3 aromatic heterocycles. The molecule has 4 aromatic rings. The molecule has 0 bridgehead atoms. The topological polar surface area (TPSA) is 90.4 Å². The number of rotatable bonds is 7. The predicted molar refractivity (Wildman–Crippen MR) is 135 cm³/mol. The van der Waals surface area contributed by atoms with Crippen molar-refractivity contribution in [3.05, 3.63) is 71.7 Å². The first-order chi connectivity index (χ1) is 17.4. The summed E-state index contributed by atoms with van der Waals surface area (Å²) in [6.45, 7) is 4.67. The average Bonchev–Trinajstić information content (AvgIpc) is 3.24. The number of fused-ring (bicyclic) bond motifs is 1. The number of benzene rings is 1. The number of nitrogens with two attached hydrogens (primary N) is 1. The van der Waals surface area contributed by atoms with Crippen LogP contribution in [0.25, 0.3) is 16.8 Å². The summed E-state index contributed by atoms with van der Waals surface area (Å²) in [6, 6.07) is 8.07. The Hall–Kier alpha value is -3.43. The van der Waals surface area contributed by atoms with Gasteiger partial charge >= 0.3 is 0 Å². The van der Waals surface area contributed by atoms with E-state index in [1.807, 2.05) is 13.0 Å². The highest BCUT2D eigenvalue weighted by Gasteiger charge is 2.27. The first kappa shape index (κ1) is 24.3. The first-order valence-electron chi connectivity index (χ1n) is 12.3. The molecule has 0 saturated heterocycles. The summed E-state index contributed by atoms with van der Waals surface area (Å²) in [5.41, 5.74) is 9.36. The lowest BCUT2D eigenvalue weighted by atomic mass is 9.76. The third-order valence-corrected chi connectivity index (χ3v) is 6.74. The second-order valence-corrected chi connectivity index (χ2v) is 9.57. The Morgan fingerprint density at radius 3 is 2.67 bits per heavy atom. The molecule has 36 heavy (non-hydrogen) atoms. The molecule has 0 aliphatic heterocycles. The van der Waals surface area contributed by atoms with Gasteiger partial charge in [-0.15, -0.1) is 0 Å². The van der Waals surface area contributed by atoms with Gasteiger partial charge in [-0.3, -0.25) is 4.98 Å². The minimum absolute atomic E-state index is 0.144. The molecule has 1 aromatic carbocycles. The molecule has 7 nitrogen and oxygen atoms in total. The Bertz CT molecular complexity index is 1340. The second-order valence-electron chi connectivity index (χ2n) is 9.57. The maximum atomic E-state index is 14.9. The molecule has 3 atom stereocenters. The van der Waals surface area contributed by atoms with E-state index in [1.165, 1.54) is 12.1 Å². The van der Waals surface area contributed by atoms with Gasteiger partial charge in [-0.25, -0.2) is 13.8 Å². The van der Waals surface area contributed by atoms with E-state index in [1.54, 1.807) is 35.2 Å². The molecule has 1 aliphatic carbocycles. The summed E-state index contributed by atoms with van der Waals surface area (Å²) < 4.78 is 36.7. The van der Waals surface area contributed by atoms with Gasteiger partial charge in [0.15, 0.2) is 0 Å². The van der Waals surface area contributed by atoms with Crippen LogP contribution in [0.4, 0.5) is 20.4 Å². The standard InChI is InChI=1S/C27H30F2N6O/c1-3-36-15-17-10-22(28)26(23(29)11-17)24-5-4-20-13-32-27(35(20)34-24)33-25-14-31-7-6-21(25)18-8-16(2)9-19(30)12-18/h4-7,10-11,13-14,16,18-19H,3,8-9,12,15,30H2,1-2H3,(H,32,33). The van der Waals surface area contributed by atoms with E-state index in [2.05, 4.69) is 27.3 Å². The number of aromatic nitrogens is 4. The van der Waals surface area contributed by atoms with Gasteiger partial charge in [0.25, 0.3) is 0 Å². The van der Waals surface area contributed by atoms with Crippen molar-refractivity contribution < 1.29 is 13.5 Å². The summed E-state index contributed by atoms with van der Waals surface area (Å²) in [6.07, 6.45) is 8.20. The molecule has 188 valence electrons. The number of nitrogens with zero attached hydrogens (tertiary/aromatic N) is 4. The molecule has 0 amide bonds. The molecule has 9 heteroatoms. The molecule has 1 saturated carbocycles. The van der Waals surface area contributed by atoms with Gasteiger partial charge in [-0.05, 0) is 79.5 Å². The van der Waals surface area contributed by atoms with Crippen LogP contribution in [0.3, 0.4) is 0 Å².